The van der Waals surface area contributed by atoms with Crippen molar-refractivity contribution in [2.24, 2.45) is 0 Å². The van der Waals surface area contributed by atoms with E-state index in [-0.39, 0.29) is 12.6 Å². The summed E-state index contributed by atoms with van der Waals surface area (Å²) in [7, 11) is 0. The molecule has 1 fully saturated rings. The Bertz CT molecular complexity index is 459. The van der Waals surface area contributed by atoms with Crippen LogP contribution in [0.1, 0.15) is 36.8 Å². The number of aliphatic hydroxyl groups excluding tert-OH is 1. The highest BCUT2D eigenvalue weighted by Crippen LogP contribution is 2.08. The maximum atomic E-state index is 11.7. The summed E-state index contributed by atoms with van der Waals surface area (Å²) >= 11 is 0. The molecule has 2 amide bonds. The van der Waals surface area contributed by atoms with Crippen LogP contribution >= 0.6 is 0 Å². The van der Waals surface area contributed by atoms with Gasteiger partial charge in [-0.05, 0) is 56.4 Å². The molecular weight excluding hydrogens is 278 g/mol. The van der Waals surface area contributed by atoms with Gasteiger partial charge in [-0.3, -0.25) is 0 Å². The van der Waals surface area contributed by atoms with E-state index in [0.29, 0.717) is 13.1 Å². The summed E-state index contributed by atoms with van der Waals surface area (Å²) in [6.45, 7) is 4.76. The molecule has 1 saturated heterocycles. The Morgan fingerprint density at radius 3 is 2.55 bits per heavy atom. The first-order valence-corrected chi connectivity index (χ1v) is 8.21. The normalized spacial score (nSPS) is 15.0. The second-order valence-corrected chi connectivity index (χ2v) is 5.79. The number of amides is 2. The fraction of sp³-hybridized carbons (Fsp3) is 0.588. The average molecular weight is 305 g/mol. The number of benzene rings is 1. The zero-order valence-corrected chi connectivity index (χ0v) is 13.2. The van der Waals surface area contributed by atoms with Gasteiger partial charge in [-0.2, -0.15) is 0 Å². The maximum absolute atomic E-state index is 11.7. The lowest BCUT2D eigenvalue weighted by molar-refractivity contribution is 0.239. The first-order valence-electron chi connectivity index (χ1n) is 8.21. The number of urea groups is 1. The fourth-order valence-electron chi connectivity index (χ4n) is 2.79. The number of hydrogen-bond donors (Lipinski definition) is 3. The van der Waals surface area contributed by atoms with Crippen LogP contribution in [-0.2, 0) is 13.2 Å². The number of aliphatic hydroxyl groups is 1. The highest BCUT2D eigenvalue weighted by molar-refractivity contribution is 5.73. The molecule has 2 rings (SSSR count). The van der Waals surface area contributed by atoms with Crippen LogP contribution in [0.25, 0.3) is 0 Å². The summed E-state index contributed by atoms with van der Waals surface area (Å²) in [6, 6.07) is 7.44. The molecule has 1 heterocycles. The van der Waals surface area contributed by atoms with Gasteiger partial charge in [0.05, 0.1) is 6.61 Å². The molecule has 122 valence electrons. The minimum atomic E-state index is -0.145. The van der Waals surface area contributed by atoms with Gasteiger partial charge in [-0.15, -0.1) is 0 Å². The Morgan fingerprint density at radius 2 is 1.82 bits per heavy atom. The van der Waals surface area contributed by atoms with E-state index in [2.05, 4.69) is 15.5 Å². The molecule has 1 aliphatic heterocycles. The van der Waals surface area contributed by atoms with Crippen LogP contribution in [0.3, 0.4) is 0 Å². The second kappa shape index (κ2) is 9.43. The molecule has 5 heteroatoms. The van der Waals surface area contributed by atoms with Gasteiger partial charge >= 0.3 is 6.03 Å². The molecule has 1 aliphatic rings. The number of carbonyl (C=O) groups excluding carboxylic acids is 1. The second-order valence-electron chi connectivity index (χ2n) is 5.79. The number of hydrogen-bond acceptors (Lipinski definition) is 3. The lowest BCUT2D eigenvalue weighted by atomic mass is 10.1. The predicted molar refractivity (Wildman–Crippen MR) is 87.5 cm³/mol. The first kappa shape index (κ1) is 16.8. The van der Waals surface area contributed by atoms with Crippen molar-refractivity contribution in [2.45, 2.75) is 38.8 Å². The molecule has 5 nitrogen and oxygen atoms in total. The SMILES string of the molecule is O=C(NCCCCN1CCCC1)NCc1ccccc1CO. The molecule has 1 aromatic rings. The fourth-order valence-corrected chi connectivity index (χ4v) is 2.79. The Balaban J connectivity index is 1.55. The van der Waals surface area contributed by atoms with Crippen molar-refractivity contribution < 1.29 is 9.90 Å². The van der Waals surface area contributed by atoms with Gasteiger partial charge in [0.15, 0.2) is 0 Å². The number of unbranched alkanes of at least 4 members (excludes halogenated alkanes) is 1. The molecule has 0 saturated carbocycles. The molecule has 0 radical (unpaired) electrons. The van der Waals surface area contributed by atoms with E-state index in [0.717, 1.165) is 30.5 Å². The van der Waals surface area contributed by atoms with E-state index in [9.17, 15) is 9.90 Å². The van der Waals surface area contributed by atoms with Gasteiger partial charge in [-0.25, -0.2) is 4.79 Å². The topological polar surface area (TPSA) is 64.6 Å². The summed E-state index contributed by atoms with van der Waals surface area (Å²) in [6.07, 6.45) is 4.80. The number of nitrogens with one attached hydrogen (secondary N) is 2. The monoisotopic (exact) mass is 305 g/mol. The molecule has 22 heavy (non-hydrogen) atoms. The van der Waals surface area contributed by atoms with Gasteiger partial charge in [-0.1, -0.05) is 24.3 Å². The predicted octanol–water partition coefficient (Wildman–Crippen LogP) is 1.85. The van der Waals surface area contributed by atoms with Crippen LogP contribution in [0.4, 0.5) is 4.79 Å². The smallest absolute Gasteiger partial charge is 0.315 e. The summed E-state index contributed by atoms with van der Waals surface area (Å²) < 4.78 is 0. The van der Waals surface area contributed by atoms with Crippen molar-refractivity contribution in [3.8, 4) is 0 Å². The molecule has 1 aromatic carbocycles. The maximum Gasteiger partial charge on any atom is 0.315 e. The van der Waals surface area contributed by atoms with Crippen molar-refractivity contribution >= 4 is 6.03 Å². The molecule has 0 unspecified atom stereocenters. The lowest BCUT2D eigenvalue weighted by Gasteiger charge is -2.14. The van der Waals surface area contributed by atoms with Crippen molar-refractivity contribution in [3.05, 3.63) is 35.4 Å². The molecule has 0 atom stereocenters. The van der Waals surface area contributed by atoms with E-state index in [4.69, 9.17) is 0 Å². The highest BCUT2D eigenvalue weighted by Gasteiger charge is 2.10. The molecule has 0 spiro atoms. The van der Waals surface area contributed by atoms with Crippen molar-refractivity contribution in [1.82, 2.24) is 15.5 Å². The van der Waals surface area contributed by atoms with Gasteiger partial charge in [0, 0.05) is 13.1 Å². The summed E-state index contributed by atoms with van der Waals surface area (Å²) in [5, 5.41) is 15.0. The van der Waals surface area contributed by atoms with Crippen molar-refractivity contribution in [3.63, 3.8) is 0 Å². The third-order valence-corrected chi connectivity index (χ3v) is 4.11. The van der Waals surface area contributed by atoms with Crippen molar-refractivity contribution in [1.29, 1.82) is 0 Å². The summed E-state index contributed by atoms with van der Waals surface area (Å²) in [4.78, 5) is 14.2. The third kappa shape index (κ3) is 5.66. The lowest BCUT2D eigenvalue weighted by Crippen LogP contribution is -2.36. The van der Waals surface area contributed by atoms with E-state index in [1.807, 2.05) is 24.3 Å². The molecule has 0 aliphatic carbocycles. The van der Waals surface area contributed by atoms with Crippen LogP contribution in [0.5, 0.6) is 0 Å². The van der Waals surface area contributed by atoms with Gasteiger partial charge < -0.3 is 20.6 Å². The number of likely N-dealkylation sites (tertiary alicyclic amines) is 1. The van der Waals surface area contributed by atoms with E-state index in [1.165, 1.54) is 25.9 Å². The van der Waals surface area contributed by atoms with Crippen LogP contribution in [0, 0.1) is 0 Å². The zero-order chi connectivity index (χ0) is 15.6. The summed E-state index contributed by atoms with van der Waals surface area (Å²) in [5.74, 6) is 0. The van der Waals surface area contributed by atoms with Crippen LogP contribution in [0.2, 0.25) is 0 Å². The first-order chi connectivity index (χ1) is 10.8. The van der Waals surface area contributed by atoms with Gasteiger partial charge in [0.1, 0.15) is 0 Å². The van der Waals surface area contributed by atoms with Gasteiger partial charge in [0.2, 0.25) is 0 Å². The Hall–Kier alpha value is -1.59. The van der Waals surface area contributed by atoms with E-state index < -0.39 is 0 Å². The molecular formula is C17H27N3O2. The van der Waals surface area contributed by atoms with Crippen LogP contribution < -0.4 is 10.6 Å². The average Bonchev–Trinajstić information content (AvgIpc) is 3.06. The van der Waals surface area contributed by atoms with E-state index >= 15 is 0 Å². The van der Waals surface area contributed by atoms with Crippen LogP contribution in [-0.4, -0.2) is 42.2 Å². The summed E-state index contributed by atoms with van der Waals surface area (Å²) in [5.41, 5.74) is 1.81. The quantitative estimate of drug-likeness (QED) is 0.642. The highest BCUT2D eigenvalue weighted by atomic mass is 16.3. The van der Waals surface area contributed by atoms with E-state index in [1.54, 1.807) is 0 Å². The number of rotatable bonds is 8. The Morgan fingerprint density at radius 1 is 1.09 bits per heavy atom. The molecule has 3 N–H and O–H groups in total. The zero-order valence-electron chi connectivity index (χ0n) is 13.2. The minimum absolute atomic E-state index is 0.00400. The Labute approximate surface area is 132 Å². The van der Waals surface area contributed by atoms with Crippen molar-refractivity contribution in [2.75, 3.05) is 26.2 Å². The minimum Gasteiger partial charge on any atom is -0.392 e. The largest absolute Gasteiger partial charge is 0.392 e. The number of carbonyl (C=O) groups is 1. The third-order valence-electron chi connectivity index (χ3n) is 4.11. The molecule has 0 bridgehead atoms. The van der Waals surface area contributed by atoms with Gasteiger partial charge in [0.25, 0.3) is 0 Å². The Kier molecular flexibility index (Phi) is 7.19. The standard InChI is InChI=1S/C17H27N3O2/c21-14-16-8-2-1-7-15(16)13-19-17(22)18-9-3-4-10-20-11-5-6-12-20/h1-2,7-8,21H,3-6,9-14H2,(H2,18,19,22). The number of nitrogens with zero attached hydrogens (tertiary/aromatic N) is 1. The molecule has 0 aromatic heterocycles. The van der Waals surface area contributed by atoms with Crippen LogP contribution in [0.15, 0.2) is 24.3 Å².